The molecular weight excluding hydrogens is 218 g/mol. The van der Waals surface area contributed by atoms with E-state index in [1.165, 1.54) is 12.4 Å². The van der Waals surface area contributed by atoms with E-state index in [4.69, 9.17) is 4.84 Å². The number of hydrogen-bond donors (Lipinski definition) is 1. The number of nitrogens with one attached hydrogen (secondary N) is 1. The Labute approximate surface area is 98.4 Å². The molecule has 0 saturated heterocycles. The van der Waals surface area contributed by atoms with Crippen molar-refractivity contribution >= 4 is 5.91 Å². The van der Waals surface area contributed by atoms with Gasteiger partial charge >= 0.3 is 5.91 Å². The topological polar surface area (TPSA) is 64.1 Å². The van der Waals surface area contributed by atoms with E-state index in [0.717, 1.165) is 5.56 Å². The van der Waals surface area contributed by atoms with Gasteiger partial charge in [-0.2, -0.15) is 0 Å². The lowest BCUT2D eigenvalue weighted by Crippen LogP contribution is -2.25. The van der Waals surface area contributed by atoms with E-state index < -0.39 is 5.91 Å². The second kappa shape index (κ2) is 5.72. The number of aromatic nitrogens is 2. The second-order valence-electron chi connectivity index (χ2n) is 3.28. The Morgan fingerprint density at radius 3 is 2.53 bits per heavy atom. The fourth-order valence-electron chi connectivity index (χ4n) is 1.22. The van der Waals surface area contributed by atoms with Crippen molar-refractivity contribution in [3.05, 3.63) is 60.2 Å². The van der Waals surface area contributed by atoms with Crippen LogP contribution in [0.5, 0.6) is 0 Å². The zero-order valence-electron chi connectivity index (χ0n) is 9.04. The molecule has 0 aliphatic rings. The summed E-state index contributed by atoms with van der Waals surface area (Å²) < 4.78 is 0. The van der Waals surface area contributed by atoms with Gasteiger partial charge in [0, 0.05) is 12.4 Å². The van der Waals surface area contributed by atoms with E-state index in [2.05, 4.69) is 15.4 Å². The molecule has 0 radical (unpaired) electrons. The molecule has 86 valence electrons. The minimum absolute atomic E-state index is 0.0839. The van der Waals surface area contributed by atoms with Gasteiger partial charge in [0.25, 0.3) is 0 Å². The van der Waals surface area contributed by atoms with Crippen LogP contribution in [0.3, 0.4) is 0 Å². The SMILES string of the molecule is O=C(NOCc1ccccc1)c1ncccn1. The van der Waals surface area contributed by atoms with Crippen molar-refractivity contribution < 1.29 is 9.63 Å². The first-order valence-electron chi connectivity index (χ1n) is 5.09. The third-order valence-electron chi connectivity index (χ3n) is 2.02. The number of nitrogens with zero attached hydrogens (tertiary/aromatic N) is 2. The van der Waals surface area contributed by atoms with Gasteiger partial charge in [-0.15, -0.1) is 0 Å². The van der Waals surface area contributed by atoms with Crippen LogP contribution in [-0.2, 0) is 11.4 Å². The van der Waals surface area contributed by atoms with Crippen molar-refractivity contribution in [1.29, 1.82) is 0 Å². The van der Waals surface area contributed by atoms with Gasteiger partial charge in [-0.05, 0) is 11.6 Å². The molecule has 17 heavy (non-hydrogen) atoms. The molecule has 1 aromatic heterocycles. The number of amides is 1. The highest BCUT2D eigenvalue weighted by Gasteiger charge is 2.07. The first-order chi connectivity index (χ1) is 8.36. The van der Waals surface area contributed by atoms with E-state index in [1.54, 1.807) is 6.07 Å². The monoisotopic (exact) mass is 229 g/mol. The number of hydrogen-bond acceptors (Lipinski definition) is 4. The van der Waals surface area contributed by atoms with Crippen LogP contribution in [-0.4, -0.2) is 15.9 Å². The van der Waals surface area contributed by atoms with Gasteiger partial charge in [0.15, 0.2) is 0 Å². The predicted octanol–water partition coefficient (Wildman–Crippen LogP) is 1.34. The van der Waals surface area contributed by atoms with Crippen molar-refractivity contribution in [2.45, 2.75) is 6.61 Å². The molecule has 0 bridgehead atoms. The third-order valence-corrected chi connectivity index (χ3v) is 2.02. The molecule has 0 fully saturated rings. The van der Waals surface area contributed by atoms with E-state index in [1.807, 2.05) is 30.3 Å². The largest absolute Gasteiger partial charge is 0.312 e. The molecule has 0 atom stereocenters. The summed E-state index contributed by atoms with van der Waals surface area (Å²) in [4.78, 5) is 24.1. The minimum Gasteiger partial charge on any atom is -0.269 e. The van der Waals surface area contributed by atoms with E-state index >= 15 is 0 Å². The maximum Gasteiger partial charge on any atom is 0.312 e. The smallest absolute Gasteiger partial charge is 0.269 e. The predicted molar refractivity (Wildman–Crippen MR) is 60.7 cm³/mol. The van der Waals surface area contributed by atoms with Crippen molar-refractivity contribution in [3.63, 3.8) is 0 Å². The van der Waals surface area contributed by atoms with Crippen LogP contribution in [0.2, 0.25) is 0 Å². The maximum absolute atomic E-state index is 11.5. The van der Waals surface area contributed by atoms with Gasteiger partial charge < -0.3 is 0 Å². The Bertz CT molecular complexity index is 474. The van der Waals surface area contributed by atoms with Crippen LogP contribution in [0.25, 0.3) is 0 Å². The molecule has 0 spiro atoms. The van der Waals surface area contributed by atoms with Crippen LogP contribution in [0.15, 0.2) is 48.8 Å². The summed E-state index contributed by atoms with van der Waals surface area (Å²) in [6.45, 7) is 0.305. The van der Waals surface area contributed by atoms with Gasteiger partial charge in [-0.3, -0.25) is 9.63 Å². The fourth-order valence-corrected chi connectivity index (χ4v) is 1.22. The number of rotatable bonds is 4. The quantitative estimate of drug-likeness (QED) is 0.803. The fraction of sp³-hybridized carbons (Fsp3) is 0.0833. The highest BCUT2D eigenvalue weighted by molar-refractivity contribution is 5.89. The first-order valence-corrected chi connectivity index (χ1v) is 5.09. The summed E-state index contributed by atoms with van der Waals surface area (Å²) >= 11 is 0. The molecule has 0 unspecified atom stereocenters. The molecule has 0 aliphatic carbocycles. The van der Waals surface area contributed by atoms with Gasteiger partial charge in [-0.1, -0.05) is 30.3 Å². The Balaban J connectivity index is 1.82. The zero-order valence-corrected chi connectivity index (χ0v) is 9.04. The maximum atomic E-state index is 11.5. The van der Waals surface area contributed by atoms with Crippen LogP contribution in [0.1, 0.15) is 16.2 Å². The summed E-state index contributed by atoms with van der Waals surface area (Å²) in [7, 11) is 0. The van der Waals surface area contributed by atoms with E-state index in [9.17, 15) is 4.79 Å². The summed E-state index contributed by atoms with van der Waals surface area (Å²) in [6, 6.07) is 11.2. The Kier molecular flexibility index (Phi) is 3.77. The second-order valence-corrected chi connectivity index (χ2v) is 3.28. The number of hydroxylamine groups is 1. The lowest BCUT2D eigenvalue weighted by atomic mass is 10.2. The normalized spacial score (nSPS) is 9.88. The van der Waals surface area contributed by atoms with Crippen molar-refractivity contribution in [2.24, 2.45) is 0 Å². The van der Waals surface area contributed by atoms with Gasteiger partial charge in [0.2, 0.25) is 5.82 Å². The highest BCUT2D eigenvalue weighted by atomic mass is 16.6. The number of benzene rings is 1. The summed E-state index contributed by atoms with van der Waals surface area (Å²) in [5, 5.41) is 0. The highest BCUT2D eigenvalue weighted by Crippen LogP contribution is 1.99. The van der Waals surface area contributed by atoms with Crippen molar-refractivity contribution in [2.75, 3.05) is 0 Å². The Hall–Kier alpha value is -2.27. The summed E-state index contributed by atoms with van der Waals surface area (Å²) in [5.41, 5.74) is 3.26. The molecule has 2 aromatic rings. The van der Waals surface area contributed by atoms with Crippen molar-refractivity contribution in [1.82, 2.24) is 15.4 Å². The molecule has 1 amide bonds. The minimum atomic E-state index is -0.457. The van der Waals surface area contributed by atoms with Crippen LogP contribution >= 0.6 is 0 Å². The summed E-state index contributed by atoms with van der Waals surface area (Å²) in [6.07, 6.45) is 3.00. The van der Waals surface area contributed by atoms with Gasteiger partial charge in [-0.25, -0.2) is 15.4 Å². The molecular formula is C12H11N3O2. The van der Waals surface area contributed by atoms with E-state index in [-0.39, 0.29) is 5.82 Å². The Morgan fingerprint density at radius 1 is 1.12 bits per heavy atom. The first kappa shape index (κ1) is 11.2. The molecule has 1 aromatic carbocycles. The van der Waals surface area contributed by atoms with Crippen LogP contribution in [0, 0.1) is 0 Å². The molecule has 0 saturated carbocycles. The lowest BCUT2D eigenvalue weighted by molar-refractivity contribution is 0.0225. The molecule has 5 heteroatoms. The summed E-state index contributed by atoms with van der Waals surface area (Å²) in [5.74, 6) is -0.373. The molecule has 1 N–H and O–H groups in total. The van der Waals surface area contributed by atoms with Gasteiger partial charge in [0.05, 0.1) is 6.61 Å². The molecule has 0 aliphatic heterocycles. The average molecular weight is 229 g/mol. The molecule has 2 rings (SSSR count). The van der Waals surface area contributed by atoms with Crippen molar-refractivity contribution in [3.8, 4) is 0 Å². The van der Waals surface area contributed by atoms with Crippen LogP contribution < -0.4 is 5.48 Å². The van der Waals surface area contributed by atoms with Gasteiger partial charge in [0.1, 0.15) is 0 Å². The van der Waals surface area contributed by atoms with Crippen LogP contribution in [0.4, 0.5) is 0 Å². The average Bonchev–Trinajstić information content (AvgIpc) is 2.41. The molecule has 1 heterocycles. The van der Waals surface area contributed by atoms with E-state index in [0.29, 0.717) is 6.61 Å². The number of carbonyl (C=O) groups excluding carboxylic acids is 1. The lowest BCUT2D eigenvalue weighted by Gasteiger charge is -2.04. The molecule has 5 nitrogen and oxygen atoms in total. The third kappa shape index (κ3) is 3.35. The zero-order chi connectivity index (χ0) is 11.9. The standard InChI is InChI=1S/C12H11N3O2/c16-12(11-13-7-4-8-14-11)15-17-9-10-5-2-1-3-6-10/h1-8H,9H2,(H,15,16). The number of carbonyl (C=O) groups is 1. The Morgan fingerprint density at radius 2 is 1.82 bits per heavy atom.